The van der Waals surface area contributed by atoms with Gasteiger partial charge in [0, 0.05) is 26.4 Å². The van der Waals surface area contributed by atoms with Gasteiger partial charge in [0.25, 0.3) is 5.95 Å². The summed E-state index contributed by atoms with van der Waals surface area (Å²) >= 11 is 0. The van der Waals surface area contributed by atoms with Gasteiger partial charge in [-0.1, -0.05) is 24.4 Å². The van der Waals surface area contributed by atoms with Crippen molar-refractivity contribution in [3.05, 3.63) is 64.0 Å². The molecule has 2 aromatic heterocycles. The molecule has 3 aromatic rings. The Morgan fingerprint density at radius 3 is 1.95 bits per heavy atom. The average molecular weight is 611 g/mol. The van der Waals surface area contributed by atoms with Crippen molar-refractivity contribution in [3.8, 4) is 0 Å². The van der Waals surface area contributed by atoms with Crippen LogP contribution in [0, 0.1) is 5.92 Å². The second kappa shape index (κ2) is 12.1. The van der Waals surface area contributed by atoms with E-state index < -0.39 is 60.0 Å². The van der Waals surface area contributed by atoms with E-state index in [1.807, 2.05) is 0 Å². The molecule has 0 saturated heterocycles. The minimum absolute atomic E-state index is 0.00337. The van der Waals surface area contributed by atoms with Gasteiger partial charge in [-0.05, 0) is 59.4 Å². The Kier molecular flexibility index (Phi) is 9.04. The number of benzene rings is 1. The van der Waals surface area contributed by atoms with Crippen molar-refractivity contribution in [1.82, 2.24) is 25.2 Å². The zero-order valence-corrected chi connectivity index (χ0v) is 22.5. The van der Waals surface area contributed by atoms with E-state index in [2.05, 4.69) is 20.4 Å². The van der Waals surface area contributed by atoms with Gasteiger partial charge in [-0.3, -0.25) is 4.98 Å². The first kappa shape index (κ1) is 31.5. The number of halogens is 9. The number of rotatable bonds is 8. The van der Waals surface area contributed by atoms with Crippen LogP contribution in [0.25, 0.3) is 0 Å². The highest BCUT2D eigenvalue weighted by Gasteiger charge is 2.38. The number of anilines is 1. The van der Waals surface area contributed by atoms with Gasteiger partial charge in [-0.15, -0.1) is 5.10 Å². The third kappa shape index (κ3) is 7.50. The smallest absolute Gasteiger partial charge is 0.375 e. The average Bonchev–Trinajstić information content (AvgIpc) is 3.34. The molecule has 16 heteroatoms. The molecule has 1 aromatic carbocycles. The number of methoxy groups -OCH3 is 1. The summed E-state index contributed by atoms with van der Waals surface area (Å²) < 4.78 is 128. The number of tetrazole rings is 1. The largest absolute Gasteiger partial charge is 0.417 e. The van der Waals surface area contributed by atoms with E-state index >= 15 is 0 Å². The number of nitrogens with zero attached hydrogens (tertiary/aromatic N) is 6. The molecule has 0 bridgehead atoms. The van der Waals surface area contributed by atoms with Crippen LogP contribution in [-0.2, 0) is 43.4 Å². The summed E-state index contributed by atoms with van der Waals surface area (Å²) in [5.41, 5.74) is -4.36. The normalized spacial score (nSPS) is 16.1. The van der Waals surface area contributed by atoms with Gasteiger partial charge in [-0.25, -0.2) is 0 Å². The summed E-state index contributed by atoms with van der Waals surface area (Å²) in [6, 6.07) is 1.94. The fourth-order valence-electron chi connectivity index (χ4n) is 5.16. The zero-order chi connectivity index (χ0) is 30.9. The Morgan fingerprint density at radius 2 is 1.45 bits per heavy atom. The van der Waals surface area contributed by atoms with Crippen LogP contribution in [0.15, 0.2) is 30.5 Å². The number of pyridine rings is 1. The van der Waals surface area contributed by atoms with E-state index in [0.717, 1.165) is 47.9 Å². The molecule has 4 rings (SSSR count). The van der Waals surface area contributed by atoms with Crippen LogP contribution in [0.3, 0.4) is 0 Å². The lowest BCUT2D eigenvalue weighted by Crippen LogP contribution is -2.27. The molecule has 1 saturated carbocycles. The van der Waals surface area contributed by atoms with Gasteiger partial charge in [0.05, 0.1) is 29.4 Å². The summed E-state index contributed by atoms with van der Waals surface area (Å²) in [5, 5.41) is 11.5. The lowest BCUT2D eigenvalue weighted by Gasteiger charge is -2.31. The number of hydrogen-bond donors (Lipinski definition) is 0. The Bertz CT molecular complexity index is 1330. The lowest BCUT2D eigenvalue weighted by atomic mass is 9.83. The summed E-state index contributed by atoms with van der Waals surface area (Å²) in [4.78, 5) is 6.26. The van der Waals surface area contributed by atoms with Crippen molar-refractivity contribution in [3.63, 3.8) is 0 Å². The van der Waals surface area contributed by atoms with Crippen molar-refractivity contribution in [2.45, 2.75) is 69.8 Å². The van der Waals surface area contributed by atoms with Crippen LogP contribution < -0.4 is 4.90 Å². The molecule has 7 nitrogen and oxygen atoms in total. The first-order valence-electron chi connectivity index (χ1n) is 12.9. The third-order valence-electron chi connectivity index (χ3n) is 7.09. The minimum Gasteiger partial charge on any atom is -0.375 e. The Hall–Kier alpha value is -3.43. The maximum atomic E-state index is 13.7. The summed E-state index contributed by atoms with van der Waals surface area (Å²) in [7, 11) is 2.79. The van der Waals surface area contributed by atoms with Crippen molar-refractivity contribution < 1.29 is 44.3 Å². The molecule has 1 atom stereocenters. The maximum absolute atomic E-state index is 13.7. The van der Waals surface area contributed by atoms with Crippen LogP contribution in [-0.4, -0.2) is 32.3 Å². The number of alkyl halides is 9. The first-order valence-corrected chi connectivity index (χ1v) is 12.9. The molecule has 1 aliphatic rings. The van der Waals surface area contributed by atoms with E-state index in [9.17, 15) is 39.5 Å². The zero-order valence-electron chi connectivity index (χ0n) is 22.5. The topological polar surface area (TPSA) is 69.0 Å². The van der Waals surface area contributed by atoms with Crippen molar-refractivity contribution in [2.75, 3.05) is 12.0 Å². The molecule has 0 spiro atoms. The Labute approximate surface area is 234 Å². The van der Waals surface area contributed by atoms with Crippen molar-refractivity contribution in [2.24, 2.45) is 13.0 Å². The van der Waals surface area contributed by atoms with Crippen LogP contribution >= 0.6 is 0 Å². The predicted molar refractivity (Wildman–Crippen MR) is 131 cm³/mol. The molecule has 2 heterocycles. The standard InChI is InChI=1S/C26H27F9N6O/c1-40-38-23(37-39-40)41(13-15-8-18(24(27,28)29)11-19(9-15)25(30,31)32)14-17-10-20(26(33,34)35)12-36-21(17)22(42-2)16-6-4-3-5-7-16/h8-12,16,22H,3-7,13-14H2,1-2H3. The van der Waals surface area contributed by atoms with E-state index in [-0.39, 0.29) is 29.2 Å². The number of aryl methyl sites for hydroxylation is 1. The lowest BCUT2D eigenvalue weighted by molar-refractivity contribution is -0.143. The first-order chi connectivity index (χ1) is 19.6. The third-order valence-corrected chi connectivity index (χ3v) is 7.09. The molecule has 42 heavy (non-hydrogen) atoms. The number of ether oxygens (including phenoxy) is 1. The molecule has 0 amide bonds. The minimum atomic E-state index is -5.09. The molecule has 0 N–H and O–H groups in total. The Morgan fingerprint density at radius 1 is 0.857 bits per heavy atom. The van der Waals surface area contributed by atoms with Crippen molar-refractivity contribution >= 4 is 5.95 Å². The number of hydrogen-bond acceptors (Lipinski definition) is 6. The van der Waals surface area contributed by atoms with Gasteiger partial charge in [0.2, 0.25) is 0 Å². The summed E-state index contributed by atoms with van der Waals surface area (Å²) in [6.07, 6.45) is -10.7. The van der Waals surface area contributed by atoms with Crippen LogP contribution in [0.2, 0.25) is 0 Å². The van der Waals surface area contributed by atoms with Gasteiger partial charge in [0.15, 0.2) is 0 Å². The SMILES string of the molecule is COC(c1ncc(C(F)(F)F)cc1CN(Cc1cc(C(F)(F)F)cc(C(F)(F)F)c1)c1nnn(C)n1)C1CCCCC1. The molecule has 1 aliphatic carbocycles. The van der Waals surface area contributed by atoms with E-state index in [1.165, 1.54) is 14.2 Å². The summed E-state index contributed by atoms with van der Waals surface area (Å²) in [5.74, 6) is -0.272. The highest BCUT2D eigenvalue weighted by Crippen LogP contribution is 2.40. The van der Waals surface area contributed by atoms with Crippen LogP contribution in [0.5, 0.6) is 0 Å². The quantitative estimate of drug-likeness (QED) is 0.253. The van der Waals surface area contributed by atoms with Crippen LogP contribution in [0.4, 0.5) is 45.5 Å². The van der Waals surface area contributed by atoms with Gasteiger partial charge < -0.3 is 9.64 Å². The molecular formula is C26H27F9N6O. The van der Waals surface area contributed by atoms with Gasteiger partial charge in [-0.2, -0.15) is 44.3 Å². The van der Waals surface area contributed by atoms with Gasteiger partial charge in [0.1, 0.15) is 6.10 Å². The molecule has 230 valence electrons. The highest BCUT2D eigenvalue weighted by atomic mass is 19.4. The van der Waals surface area contributed by atoms with E-state index in [0.29, 0.717) is 18.3 Å². The summed E-state index contributed by atoms with van der Waals surface area (Å²) in [6.45, 7) is -1.06. The van der Waals surface area contributed by atoms with E-state index in [4.69, 9.17) is 4.74 Å². The highest BCUT2D eigenvalue weighted by molar-refractivity contribution is 5.40. The second-order valence-corrected chi connectivity index (χ2v) is 10.2. The van der Waals surface area contributed by atoms with E-state index in [1.54, 1.807) is 0 Å². The molecule has 1 fully saturated rings. The monoisotopic (exact) mass is 610 g/mol. The van der Waals surface area contributed by atoms with Gasteiger partial charge >= 0.3 is 18.5 Å². The molecular weight excluding hydrogens is 583 g/mol. The number of aromatic nitrogens is 5. The fraction of sp³-hybridized carbons (Fsp3) is 0.538. The molecule has 1 unspecified atom stereocenters. The van der Waals surface area contributed by atoms with Crippen molar-refractivity contribution in [1.29, 1.82) is 0 Å². The Balaban J connectivity index is 1.81. The predicted octanol–water partition coefficient (Wildman–Crippen LogP) is 7.14. The molecule has 0 radical (unpaired) electrons. The maximum Gasteiger partial charge on any atom is 0.417 e. The van der Waals surface area contributed by atoms with Crippen LogP contribution in [0.1, 0.15) is 71.7 Å². The molecule has 0 aliphatic heterocycles. The fourth-order valence-corrected chi connectivity index (χ4v) is 5.16. The second-order valence-electron chi connectivity index (χ2n) is 10.2.